The molecule has 4 nitrogen and oxygen atoms in total. The summed E-state index contributed by atoms with van der Waals surface area (Å²) in [4.78, 5) is 16.3. The van der Waals surface area contributed by atoms with E-state index in [4.69, 9.17) is 0 Å². The maximum Gasteiger partial charge on any atom is 0.224 e. The molecule has 1 heterocycles. The van der Waals surface area contributed by atoms with Crippen molar-refractivity contribution in [3.63, 3.8) is 0 Å². The number of hydrogen-bond donors (Lipinski definition) is 2. The van der Waals surface area contributed by atoms with Gasteiger partial charge in [-0.25, -0.2) is 4.98 Å². The lowest BCUT2D eigenvalue weighted by molar-refractivity contribution is -0.116. The van der Waals surface area contributed by atoms with E-state index < -0.39 is 0 Å². The van der Waals surface area contributed by atoms with Crippen LogP contribution in [-0.2, 0) is 11.2 Å². The van der Waals surface area contributed by atoms with Crippen LogP contribution in [0.3, 0.4) is 0 Å². The molecule has 2 N–H and O–H groups in total. The standard InChI is InChI=1S/C19H25N3O/c1-15(2)12-13-20-18-10-9-17(14-21-18)22-19(23)11-8-16-6-4-3-5-7-16/h3-7,9-10,14-15H,8,11-13H2,1-2H3,(H,20,21)(H,22,23). The largest absolute Gasteiger partial charge is 0.370 e. The molecule has 1 amide bonds. The first-order valence-electron chi connectivity index (χ1n) is 8.17. The summed E-state index contributed by atoms with van der Waals surface area (Å²) in [6.07, 6.45) is 4.02. The first-order valence-corrected chi connectivity index (χ1v) is 8.17. The minimum atomic E-state index is 0.0103. The third-order valence-corrected chi connectivity index (χ3v) is 3.56. The summed E-state index contributed by atoms with van der Waals surface area (Å²) < 4.78 is 0. The highest BCUT2D eigenvalue weighted by Gasteiger charge is 2.04. The molecule has 0 saturated carbocycles. The van der Waals surface area contributed by atoms with Gasteiger partial charge in [-0.15, -0.1) is 0 Å². The van der Waals surface area contributed by atoms with Crippen LogP contribution in [0, 0.1) is 5.92 Å². The SMILES string of the molecule is CC(C)CCNc1ccc(NC(=O)CCc2ccccc2)cn1. The Kier molecular flexibility index (Phi) is 6.60. The molecule has 0 spiro atoms. The zero-order valence-electron chi connectivity index (χ0n) is 13.9. The zero-order valence-corrected chi connectivity index (χ0v) is 13.9. The van der Waals surface area contributed by atoms with Crippen LogP contribution in [0.15, 0.2) is 48.7 Å². The van der Waals surface area contributed by atoms with E-state index in [2.05, 4.69) is 29.5 Å². The van der Waals surface area contributed by atoms with Crippen molar-refractivity contribution in [2.75, 3.05) is 17.2 Å². The second kappa shape index (κ2) is 8.93. The summed E-state index contributed by atoms with van der Waals surface area (Å²) >= 11 is 0. The second-order valence-corrected chi connectivity index (χ2v) is 6.08. The molecule has 1 aromatic carbocycles. The van der Waals surface area contributed by atoms with Crippen LogP contribution >= 0.6 is 0 Å². The molecular formula is C19H25N3O. The Hall–Kier alpha value is -2.36. The molecule has 0 aliphatic heterocycles. The Morgan fingerprint density at radius 2 is 1.91 bits per heavy atom. The number of aryl methyl sites for hydroxylation is 1. The van der Waals surface area contributed by atoms with Crippen LogP contribution in [0.1, 0.15) is 32.3 Å². The highest BCUT2D eigenvalue weighted by Crippen LogP contribution is 2.11. The molecule has 0 aliphatic carbocycles. The predicted molar refractivity (Wildman–Crippen MR) is 95.6 cm³/mol. The molecular weight excluding hydrogens is 286 g/mol. The van der Waals surface area contributed by atoms with Gasteiger partial charge in [-0.05, 0) is 36.5 Å². The van der Waals surface area contributed by atoms with Gasteiger partial charge in [0.05, 0.1) is 11.9 Å². The minimum absolute atomic E-state index is 0.0103. The van der Waals surface area contributed by atoms with Gasteiger partial charge in [-0.2, -0.15) is 0 Å². The number of anilines is 2. The average molecular weight is 311 g/mol. The van der Waals surface area contributed by atoms with Crippen molar-refractivity contribution in [1.82, 2.24) is 4.98 Å². The number of carbonyl (C=O) groups excluding carboxylic acids is 1. The maximum atomic E-state index is 12.0. The van der Waals surface area contributed by atoms with E-state index in [1.54, 1.807) is 6.20 Å². The second-order valence-electron chi connectivity index (χ2n) is 6.08. The summed E-state index contributed by atoms with van der Waals surface area (Å²) in [5.74, 6) is 1.52. The van der Waals surface area contributed by atoms with E-state index in [-0.39, 0.29) is 5.91 Å². The lowest BCUT2D eigenvalue weighted by Crippen LogP contribution is -2.13. The number of aromatic nitrogens is 1. The van der Waals surface area contributed by atoms with Crippen LogP contribution in [0.5, 0.6) is 0 Å². The average Bonchev–Trinajstić information content (AvgIpc) is 2.55. The number of carbonyl (C=O) groups is 1. The molecule has 122 valence electrons. The molecule has 23 heavy (non-hydrogen) atoms. The summed E-state index contributed by atoms with van der Waals surface area (Å²) in [6.45, 7) is 5.31. The Bertz CT molecular complexity index is 594. The molecule has 0 saturated heterocycles. The van der Waals surface area contributed by atoms with Gasteiger partial charge in [-0.1, -0.05) is 44.2 Å². The lowest BCUT2D eigenvalue weighted by Gasteiger charge is -2.09. The molecule has 4 heteroatoms. The Balaban J connectivity index is 1.75. The lowest BCUT2D eigenvalue weighted by atomic mass is 10.1. The molecule has 0 unspecified atom stereocenters. The van der Waals surface area contributed by atoms with Crippen molar-refractivity contribution in [2.45, 2.75) is 33.1 Å². The smallest absolute Gasteiger partial charge is 0.224 e. The van der Waals surface area contributed by atoms with Crippen molar-refractivity contribution in [1.29, 1.82) is 0 Å². The van der Waals surface area contributed by atoms with Crippen LogP contribution in [0.2, 0.25) is 0 Å². The van der Waals surface area contributed by atoms with Crippen molar-refractivity contribution in [3.05, 3.63) is 54.2 Å². The van der Waals surface area contributed by atoms with Gasteiger partial charge in [0.2, 0.25) is 5.91 Å². The number of nitrogens with one attached hydrogen (secondary N) is 2. The quantitative estimate of drug-likeness (QED) is 0.771. The van der Waals surface area contributed by atoms with Gasteiger partial charge in [0, 0.05) is 13.0 Å². The first kappa shape index (κ1) is 17.0. The van der Waals surface area contributed by atoms with Gasteiger partial charge in [0.1, 0.15) is 5.82 Å². The molecule has 0 bridgehead atoms. The van der Waals surface area contributed by atoms with Gasteiger partial charge < -0.3 is 10.6 Å². The molecule has 2 rings (SSSR count). The fourth-order valence-corrected chi connectivity index (χ4v) is 2.19. The molecule has 2 aromatic rings. The van der Waals surface area contributed by atoms with Crippen molar-refractivity contribution in [3.8, 4) is 0 Å². The van der Waals surface area contributed by atoms with Gasteiger partial charge in [-0.3, -0.25) is 4.79 Å². The number of nitrogens with zero attached hydrogens (tertiary/aromatic N) is 1. The normalized spacial score (nSPS) is 10.6. The van der Waals surface area contributed by atoms with Gasteiger partial charge in [0.25, 0.3) is 0 Å². The fraction of sp³-hybridized carbons (Fsp3) is 0.368. The van der Waals surface area contributed by atoms with Crippen molar-refractivity contribution in [2.24, 2.45) is 5.92 Å². The van der Waals surface area contributed by atoms with Crippen molar-refractivity contribution < 1.29 is 4.79 Å². The zero-order chi connectivity index (χ0) is 16.5. The number of hydrogen-bond acceptors (Lipinski definition) is 3. The van der Waals surface area contributed by atoms with Crippen LogP contribution in [-0.4, -0.2) is 17.4 Å². The topological polar surface area (TPSA) is 54.0 Å². The molecule has 0 atom stereocenters. The number of pyridine rings is 1. The Morgan fingerprint density at radius 3 is 2.57 bits per heavy atom. The first-order chi connectivity index (χ1) is 11.1. The molecule has 0 fully saturated rings. The predicted octanol–water partition coefficient (Wildman–Crippen LogP) is 4.11. The number of rotatable bonds is 8. The highest BCUT2D eigenvalue weighted by atomic mass is 16.1. The van der Waals surface area contributed by atoms with E-state index in [0.29, 0.717) is 12.3 Å². The Labute approximate surface area is 138 Å². The Morgan fingerprint density at radius 1 is 1.13 bits per heavy atom. The fourth-order valence-electron chi connectivity index (χ4n) is 2.19. The van der Waals surface area contributed by atoms with Crippen LogP contribution < -0.4 is 10.6 Å². The maximum absolute atomic E-state index is 12.0. The van der Waals surface area contributed by atoms with E-state index in [9.17, 15) is 4.79 Å². The highest BCUT2D eigenvalue weighted by molar-refractivity contribution is 5.90. The van der Waals surface area contributed by atoms with E-state index in [1.807, 2.05) is 42.5 Å². The van der Waals surface area contributed by atoms with Crippen LogP contribution in [0.25, 0.3) is 0 Å². The molecule has 0 aliphatic rings. The third kappa shape index (κ3) is 6.51. The summed E-state index contributed by atoms with van der Waals surface area (Å²) in [5, 5.41) is 6.16. The summed E-state index contributed by atoms with van der Waals surface area (Å²) in [7, 11) is 0. The number of amides is 1. The van der Waals surface area contributed by atoms with Gasteiger partial charge >= 0.3 is 0 Å². The monoisotopic (exact) mass is 311 g/mol. The number of benzene rings is 1. The van der Waals surface area contributed by atoms with Gasteiger partial charge in [0.15, 0.2) is 0 Å². The molecule has 0 radical (unpaired) electrons. The van der Waals surface area contributed by atoms with Crippen molar-refractivity contribution >= 4 is 17.4 Å². The van der Waals surface area contributed by atoms with E-state index in [0.717, 1.165) is 30.9 Å². The minimum Gasteiger partial charge on any atom is -0.370 e. The summed E-state index contributed by atoms with van der Waals surface area (Å²) in [6, 6.07) is 13.8. The third-order valence-electron chi connectivity index (χ3n) is 3.56. The van der Waals surface area contributed by atoms with E-state index in [1.165, 1.54) is 5.56 Å². The van der Waals surface area contributed by atoms with E-state index >= 15 is 0 Å². The van der Waals surface area contributed by atoms with Crippen LogP contribution in [0.4, 0.5) is 11.5 Å². The summed E-state index contributed by atoms with van der Waals surface area (Å²) in [5.41, 5.74) is 1.91. The molecule has 1 aromatic heterocycles.